The molecule has 19 heavy (non-hydrogen) atoms. The SMILES string of the molecule is Cn1cc(S(=O)(=O)N2CCC3(CC2)OCCO3)cn1. The van der Waals surface area contributed by atoms with Gasteiger partial charge in [-0.25, -0.2) is 8.42 Å². The van der Waals surface area contributed by atoms with Crippen molar-refractivity contribution in [3.05, 3.63) is 12.4 Å². The first kappa shape index (κ1) is 13.0. The molecule has 2 aliphatic heterocycles. The third-order valence-corrected chi connectivity index (χ3v) is 5.47. The maximum absolute atomic E-state index is 12.4. The smallest absolute Gasteiger partial charge is 0.246 e. The van der Waals surface area contributed by atoms with E-state index in [0.717, 1.165) is 0 Å². The zero-order valence-electron chi connectivity index (χ0n) is 10.8. The van der Waals surface area contributed by atoms with Crippen LogP contribution >= 0.6 is 0 Å². The molecular formula is C11H17N3O4S. The van der Waals surface area contributed by atoms with Crippen LogP contribution in [0.1, 0.15) is 12.8 Å². The number of rotatable bonds is 2. The molecule has 0 radical (unpaired) electrons. The molecule has 1 aromatic rings. The van der Waals surface area contributed by atoms with Crippen molar-refractivity contribution in [1.29, 1.82) is 0 Å². The van der Waals surface area contributed by atoms with Gasteiger partial charge in [0.05, 0.1) is 19.4 Å². The predicted molar refractivity (Wildman–Crippen MR) is 65.8 cm³/mol. The maximum atomic E-state index is 12.4. The Balaban J connectivity index is 1.74. The van der Waals surface area contributed by atoms with Gasteiger partial charge in [-0.3, -0.25) is 4.68 Å². The summed E-state index contributed by atoms with van der Waals surface area (Å²) in [5.41, 5.74) is 0. The third kappa shape index (κ3) is 2.29. The van der Waals surface area contributed by atoms with Gasteiger partial charge in [-0.15, -0.1) is 0 Å². The number of nitrogens with zero attached hydrogens (tertiary/aromatic N) is 3. The van der Waals surface area contributed by atoms with Crippen LogP contribution in [0.3, 0.4) is 0 Å². The van der Waals surface area contributed by atoms with Crippen LogP contribution < -0.4 is 0 Å². The lowest BCUT2D eigenvalue weighted by Gasteiger charge is -2.36. The Bertz CT molecular complexity index is 552. The van der Waals surface area contributed by atoms with Crippen molar-refractivity contribution >= 4 is 10.0 Å². The number of aromatic nitrogens is 2. The molecule has 0 unspecified atom stereocenters. The van der Waals surface area contributed by atoms with E-state index in [4.69, 9.17) is 9.47 Å². The Morgan fingerprint density at radius 2 is 1.89 bits per heavy atom. The van der Waals surface area contributed by atoms with Crippen LogP contribution in [-0.2, 0) is 26.5 Å². The van der Waals surface area contributed by atoms with E-state index in [0.29, 0.717) is 39.1 Å². The average Bonchev–Trinajstić information content (AvgIpc) is 3.00. The Hall–Kier alpha value is -0.960. The quantitative estimate of drug-likeness (QED) is 0.762. The van der Waals surface area contributed by atoms with Gasteiger partial charge in [0.15, 0.2) is 5.79 Å². The van der Waals surface area contributed by atoms with E-state index in [-0.39, 0.29) is 4.90 Å². The van der Waals surface area contributed by atoms with Crippen LogP contribution in [0.25, 0.3) is 0 Å². The fourth-order valence-corrected chi connectivity index (χ4v) is 3.96. The van der Waals surface area contributed by atoms with Gasteiger partial charge in [-0.1, -0.05) is 0 Å². The molecule has 2 aliphatic rings. The van der Waals surface area contributed by atoms with Gasteiger partial charge in [0, 0.05) is 39.2 Å². The van der Waals surface area contributed by atoms with Crippen LogP contribution in [-0.4, -0.2) is 54.6 Å². The van der Waals surface area contributed by atoms with Gasteiger partial charge in [-0.05, 0) is 0 Å². The molecule has 1 spiro atoms. The molecule has 0 N–H and O–H groups in total. The molecule has 3 heterocycles. The molecule has 0 amide bonds. The van der Waals surface area contributed by atoms with Crippen LogP contribution in [0, 0.1) is 0 Å². The second-order valence-corrected chi connectivity index (χ2v) is 6.80. The van der Waals surface area contributed by atoms with Crippen molar-refractivity contribution in [2.45, 2.75) is 23.5 Å². The minimum Gasteiger partial charge on any atom is -0.347 e. The van der Waals surface area contributed by atoms with E-state index in [9.17, 15) is 8.42 Å². The lowest BCUT2D eigenvalue weighted by Crippen LogP contribution is -2.47. The molecule has 106 valence electrons. The number of hydrogen-bond acceptors (Lipinski definition) is 5. The fraction of sp³-hybridized carbons (Fsp3) is 0.727. The Morgan fingerprint density at radius 3 is 2.42 bits per heavy atom. The number of piperidine rings is 1. The molecule has 3 rings (SSSR count). The highest BCUT2D eigenvalue weighted by Gasteiger charge is 2.42. The van der Waals surface area contributed by atoms with Crippen molar-refractivity contribution in [2.24, 2.45) is 7.05 Å². The largest absolute Gasteiger partial charge is 0.347 e. The minimum atomic E-state index is -3.45. The molecule has 0 saturated carbocycles. The first-order valence-electron chi connectivity index (χ1n) is 6.29. The van der Waals surface area contributed by atoms with E-state index < -0.39 is 15.8 Å². The molecule has 0 bridgehead atoms. The van der Waals surface area contributed by atoms with Gasteiger partial charge >= 0.3 is 0 Å². The molecule has 2 fully saturated rings. The van der Waals surface area contributed by atoms with Crippen LogP contribution in [0.5, 0.6) is 0 Å². The molecule has 1 aromatic heterocycles. The first-order valence-corrected chi connectivity index (χ1v) is 7.73. The topological polar surface area (TPSA) is 73.7 Å². The summed E-state index contributed by atoms with van der Waals surface area (Å²) >= 11 is 0. The highest BCUT2D eigenvalue weighted by molar-refractivity contribution is 7.89. The van der Waals surface area contributed by atoms with Crippen LogP contribution in [0.15, 0.2) is 17.3 Å². The predicted octanol–water partition coefficient (Wildman–Crippen LogP) is -0.0523. The molecule has 0 aromatic carbocycles. The number of aryl methyl sites for hydroxylation is 1. The summed E-state index contributed by atoms with van der Waals surface area (Å²) in [6.07, 6.45) is 4.05. The monoisotopic (exact) mass is 287 g/mol. The summed E-state index contributed by atoms with van der Waals surface area (Å²) < 4.78 is 38.9. The summed E-state index contributed by atoms with van der Waals surface area (Å²) in [6.45, 7) is 2.01. The van der Waals surface area contributed by atoms with Crippen molar-refractivity contribution in [3.8, 4) is 0 Å². The summed E-state index contributed by atoms with van der Waals surface area (Å²) in [5, 5.41) is 3.91. The average molecular weight is 287 g/mol. The van der Waals surface area contributed by atoms with Gasteiger partial charge < -0.3 is 9.47 Å². The number of sulfonamides is 1. The summed E-state index contributed by atoms with van der Waals surface area (Å²) in [4.78, 5) is 0.235. The van der Waals surface area contributed by atoms with Crippen LogP contribution in [0.2, 0.25) is 0 Å². The molecule has 7 nitrogen and oxygen atoms in total. The molecule has 8 heteroatoms. The summed E-state index contributed by atoms with van der Waals surface area (Å²) in [5.74, 6) is -0.555. The fourth-order valence-electron chi connectivity index (χ4n) is 2.53. The van der Waals surface area contributed by atoms with Gasteiger partial charge in [0.2, 0.25) is 10.0 Å². The van der Waals surface area contributed by atoms with Crippen LogP contribution in [0.4, 0.5) is 0 Å². The first-order chi connectivity index (χ1) is 9.02. The molecular weight excluding hydrogens is 270 g/mol. The van der Waals surface area contributed by atoms with Gasteiger partial charge in [0.1, 0.15) is 4.90 Å². The highest BCUT2D eigenvalue weighted by Crippen LogP contribution is 2.33. The van der Waals surface area contributed by atoms with E-state index in [1.54, 1.807) is 7.05 Å². The maximum Gasteiger partial charge on any atom is 0.246 e. The van der Waals surface area contributed by atoms with E-state index in [1.165, 1.54) is 21.4 Å². The Kier molecular flexibility index (Phi) is 3.12. The summed E-state index contributed by atoms with van der Waals surface area (Å²) in [7, 11) is -1.75. The zero-order chi connectivity index (χ0) is 13.5. The molecule has 0 aliphatic carbocycles. The number of hydrogen-bond donors (Lipinski definition) is 0. The minimum absolute atomic E-state index is 0.235. The van der Waals surface area contributed by atoms with Gasteiger partial charge in [-0.2, -0.15) is 9.40 Å². The van der Waals surface area contributed by atoms with Crippen molar-refractivity contribution in [2.75, 3.05) is 26.3 Å². The Morgan fingerprint density at radius 1 is 1.26 bits per heavy atom. The van der Waals surface area contributed by atoms with E-state index in [1.807, 2.05) is 0 Å². The molecule has 2 saturated heterocycles. The van der Waals surface area contributed by atoms with Crippen molar-refractivity contribution in [1.82, 2.24) is 14.1 Å². The third-order valence-electron chi connectivity index (χ3n) is 3.62. The number of ether oxygens (including phenoxy) is 2. The highest BCUT2D eigenvalue weighted by atomic mass is 32.2. The lowest BCUT2D eigenvalue weighted by molar-refractivity contribution is -0.179. The normalized spacial score (nSPS) is 24.1. The standard InChI is InChI=1S/C11H17N3O4S/c1-13-9-10(8-12-13)19(15,16)14-4-2-11(3-5-14)17-6-7-18-11/h8-9H,2-7H2,1H3. The lowest BCUT2D eigenvalue weighted by atomic mass is 10.1. The molecule has 0 atom stereocenters. The Labute approximate surface area is 112 Å². The second-order valence-electron chi connectivity index (χ2n) is 4.86. The summed E-state index contributed by atoms with van der Waals surface area (Å²) in [6, 6.07) is 0. The van der Waals surface area contributed by atoms with Crippen molar-refractivity contribution in [3.63, 3.8) is 0 Å². The van der Waals surface area contributed by atoms with E-state index >= 15 is 0 Å². The van der Waals surface area contributed by atoms with Crippen molar-refractivity contribution < 1.29 is 17.9 Å². The zero-order valence-corrected chi connectivity index (χ0v) is 11.6. The second kappa shape index (κ2) is 4.55. The van der Waals surface area contributed by atoms with Gasteiger partial charge in [0.25, 0.3) is 0 Å². The van der Waals surface area contributed by atoms with E-state index in [2.05, 4.69) is 5.10 Å².